The van der Waals surface area contributed by atoms with Gasteiger partial charge in [-0.15, -0.1) is 6.58 Å². The molecule has 1 saturated carbocycles. The van der Waals surface area contributed by atoms with Crippen molar-refractivity contribution in [2.24, 2.45) is 11.3 Å². The highest BCUT2D eigenvalue weighted by Gasteiger charge is 2.28. The van der Waals surface area contributed by atoms with Crippen LogP contribution in [-0.4, -0.2) is 0 Å². The molecule has 0 aromatic carbocycles. The highest BCUT2D eigenvalue weighted by molar-refractivity contribution is 4.87. The zero-order chi connectivity index (χ0) is 8.32. The zero-order valence-electron chi connectivity index (χ0n) is 7.90. The van der Waals surface area contributed by atoms with Gasteiger partial charge < -0.3 is 0 Å². The first-order valence-electron chi connectivity index (χ1n) is 4.77. The fourth-order valence-corrected chi connectivity index (χ4v) is 2.46. The second-order valence-corrected chi connectivity index (χ2v) is 4.50. The third-order valence-corrected chi connectivity index (χ3v) is 2.96. The summed E-state index contributed by atoms with van der Waals surface area (Å²) < 4.78 is 0. The number of hydrogen-bond acceptors (Lipinski definition) is 0. The Morgan fingerprint density at radius 1 is 1.64 bits per heavy atom. The molecule has 0 N–H and O–H groups in total. The predicted molar refractivity (Wildman–Crippen MR) is 50.6 cm³/mol. The molecule has 1 rings (SSSR count). The van der Waals surface area contributed by atoms with Gasteiger partial charge in [-0.25, -0.2) is 0 Å². The largest absolute Gasteiger partial charge is 0.103 e. The topological polar surface area (TPSA) is 0 Å². The van der Waals surface area contributed by atoms with Crippen molar-refractivity contribution in [3.8, 4) is 0 Å². The van der Waals surface area contributed by atoms with E-state index in [4.69, 9.17) is 0 Å². The van der Waals surface area contributed by atoms with Crippen molar-refractivity contribution in [2.45, 2.75) is 46.0 Å². The van der Waals surface area contributed by atoms with E-state index in [1.165, 1.54) is 32.1 Å². The zero-order valence-corrected chi connectivity index (χ0v) is 7.90. The summed E-state index contributed by atoms with van der Waals surface area (Å²) in [4.78, 5) is 0. The molecule has 0 heterocycles. The molecule has 1 aliphatic rings. The standard InChI is InChI=1S/C11H20/c1-4-7-11(3)8-5-6-10(2)9-11/h4,10H,1,5-9H2,2-3H3. The Hall–Kier alpha value is -0.260. The summed E-state index contributed by atoms with van der Waals surface area (Å²) in [6, 6.07) is 0. The van der Waals surface area contributed by atoms with Gasteiger partial charge in [0, 0.05) is 0 Å². The van der Waals surface area contributed by atoms with E-state index in [1.807, 2.05) is 0 Å². The SMILES string of the molecule is C=CCC1(C)CCCC(C)C1. The van der Waals surface area contributed by atoms with Crippen LogP contribution in [0.5, 0.6) is 0 Å². The summed E-state index contributed by atoms with van der Waals surface area (Å²) in [7, 11) is 0. The quantitative estimate of drug-likeness (QED) is 0.528. The summed E-state index contributed by atoms with van der Waals surface area (Å²) >= 11 is 0. The molecule has 0 spiro atoms. The minimum atomic E-state index is 0.583. The van der Waals surface area contributed by atoms with E-state index in [-0.39, 0.29) is 0 Å². The molecular formula is C11H20. The van der Waals surface area contributed by atoms with Crippen molar-refractivity contribution >= 4 is 0 Å². The molecule has 0 aromatic rings. The van der Waals surface area contributed by atoms with E-state index < -0.39 is 0 Å². The molecule has 0 heteroatoms. The lowest BCUT2D eigenvalue weighted by atomic mass is 9.70. The lowest BCUT2D eigenvalue weighted by molar-refractivity contribution is 0.171. The molecule has 1 fully saturated rings. The van der Waals surface area contributed by atoms with Gasteiger partial charge in [-0.1, -0.05) is 32.8 Å². The average Bonchev–Trinajstić information content (AvgIpc) is 1.86. The first-order chi connectivity index (χ1) is 5.16. The van der Waals surface area contributed by atoms with Crippen LogP contribution in [0.2, 0.25) is 0 Å². The van der Waals surface area contributed by atoms with Crippen LogP contribution >= 0.6 is 0 Å². The fourth-order valence-electron chi connectivity index (χ4n) is 2.46. The van der Waals surface area contributed by atoms with Crippen molar-refractivity contribution in [2.75, 3.05) is 0 Å². The van der Waals surface area contributed by atoms with Gasteiger partial charge in [0.1, 0.15) is 0 Å². The molecule has 0 aliphatic heterocycles. The van der Waals surface area contributed by atoms with Crippen molar-refractivity contribution in [3.05, 3.63) is 12.7 Å². The highest BCUT2D eigenvalue weighted by atomic mass is 14.3. The first kappa shape index (κ1) is 8.83. The van der Waals surface area contributed by atoms with Gasteiger partial charge in [0.15, 0.2) is 0 Å². The molecular weight excluding hydrogens is 132 g/mol. The van der Waals surface area contributed by atoms with E-state index >= 15 is 0 Å². The van der Waals surface area contributed by atoms with Crippen LogP contribution < -0.4 is 0 Å². The van der Waals surface area contributed by atoms with Gasteiger partial charge in [0.25, 0.3) is 0 Å². The molecule has 2 atom stereocenters. The maximum absolute atomic E-state index is 3.83. The highest BCUT2D eigenvalue weighted by Crippen LogP contribution is 2.41. The molecule has 1 aliphatic carbocycles. The normalized spacial score (nSPS) is 38.5. The van der Waals surface area contributed by atoms with E-state index in [2.05, 4.69) is 26.5 Å². The Bertz CT molecular complexity index is 137. The Labute approximate surface area is 70.7 Å². The molecule has 0 aromatic heterocycles. The maximum atomic E-state index is 3.83. The summed E-state index contributed by atoms with van der Waals surface area (Å²) in [6.07, 6.45) is 8.95. The van der Waals surface area contributed by atoms with Crippen LogP contribution in [0.15, 0.2) is 12.7 Å². The predicted octanol–water partition coefficient (Wildman–Crippen LogP) is 3.78. The van der Waals surface area contributed by atoms with Crippen molar-refractivity contribution < 1.29 is 0 Å². The Morgan fingerprint density at radius 2 is 2.36 bits per heavy atom. The van der Waals surface area contributed by atoms with Crippen molar-refractivity contribution in [1.29, 1.82) is 0 Å². The molecule has 0 saturated heterocycles. The molecule has 64 valence electrons. The van der Waals surface area contributed by atoms with Gasteiger partial charge in [0.05, 0.1) is 0 Å². The van der Waals surface area contributed by atoms with Crippen LogP contribution in [0, 0.1) is 11.3 Å². The van der Waals surface area contributed by atoms with E-state index in [0.717, 1.165) is 5.92 Å². The van der Waals surface area contributed by atoms with Gasteiger partial charge >= 0.3 is 0 Å². The number of hydrogen-bond donors (Lipinski definition) is 0. The fraction of sp³-hybridized carbons (Fsp3) is 0.818. The van der Waals surface area contributed by atoms with Gasteiger partial charge in [-0.3, -0.25) is 0 Å². The molecule has 0 radical (unpaired) electrons. The maximum Gasteiger partial charge on any atom is -0.0289 e. The van der Waals surface area contributed by atoms with E-state index in [9.17, 15) is 0 Å². The van der Waals surface area contributed by atoms with Gasteiger partial charge in [-0.2, -0.15) is 0 Å². The molecule has 0 amide bonds. The summed E-state index contributed by atoms with van der Waals surface area (Å²) in [5, 5.41) is 0. The minimum Gasteiger partial charge on any atom is -0.103 e. The van der Waals surface area contributed by atoms with Crippen LogP contribution in [0.25, 0.3) is 0 Å². The third-order valence-electron chi connectivity index (χ3n) is 2.96. The first-order valence-corrected chi connectivity index (χ1v) is 4.77. The van der Waals surface area contributed by atoms with Crippen molar-refractivity contribution in [1.82, 2.24) is 0 Å². The monoisotopic (exact) mass is 152 g/mol. The van der Waals surface area contributed by atoms with E-state index in [0.29, 0.717) is 5.41 Å². The summed E-state index contributed by atoms with van der Waals surface area (Å²) in [5.74, 6) is 0.939. The molecule has 11 heavy (non-hydrogen) atoms. The van der Waals surface area contributed by atoms with Crippen LogP contribution in [0.3, 0.4) is 0 Å². The lowest BCUT2D eigenvalue weighted by Gasteiger charge is -2.36. The minimum absolute atomic E-state index is 0.583. The smallest absolute Gasteiger partial charge is 0.0289 e. The number of rotatable bonds is 2. The molecule has 0 nitrogen and oxygen atoms in total. The lowest BCUT2D eigenvalue weighted by Crippen LogP contribution is -2.23. The Balaban J connectivity index is 2.47. The second kappa shape index (κ2) is 3.42. The summed E-state index contributed by atoms with van der Waals surface area (Å²) in [6.45, 7) is 8.61. The van der Waals surface area contributed by atoms with Crippen LogP contribution in [-0.2, 0) is 0 Å². The summed E-state index contributed by atoms with van der Waals surface area (Å²) in [5.41, 5.74) is 0.583. The number of allylic oxidation sites excluding steroid dienone is 1. The second-order valence-electron chi connectivity index (χ2n) is 4.50. The molecule has 2 unspecified atom stereocenters. The third kappa shape index (κ3) is 2.36. The Morgan fingerprint density at radius 3 is 2.91 bits per heavy atom. The average molecular weight is 152 g/mol. The van der Waals surface area contributed by atoms with Gasteiger partial charge in [0.2, 0.25) is 0 Å². The molecule has 0 bridgehead atoms. The van der Waals surface area contributed by atoms with Crippen molar-refractivity contribution in [3.63, 3.8) is 0 Å². The Kier molecular flexibility index (Phi) is 2.75. The van der Waals surface area contributed by atoms with E-state index in [1.54, 1.807) is 0 Å². The van der Waals surface area contributed by atoms with Crippen LogP contribution in [0.4, 0.5) is 0 Å². The van der Waals surface area contributed by atoms with Gasteiger partial charge in [-0.05, 0) is 30.6 Å². The van der Waals surface area contributed by atoms with Crippen LogP contribution in [0.1, 0.15) is 46.0 Å².